The van der Waals surface area contributed by atoms with Crippen molar-refractivity contribution in [2.75, 3.05) is 31.1 Å². The summed E-state index contributed by atoms with van der Waals surface area (Å²) < 4.78 is 66.7. The van der Waals surface area contributed by atoms with Gasteiger partial charge in [-0.25, -0.2) is 13.9 Å². The van der Waals surface area contributed by atoms with Gasteiger partial charge in [0.05, 0.1) is 4.90 Å². The molecule has 1 saturated carbocycles. The lowest BCUT2D eigenvalue weighted by molar-refractivity contribution is -0.274. The van der Waals surface area contributed by atoms with Crippen LogP contribution in [0.3, 0.4) is 0 Å². The summed E-state index contributed by atoms with van der Waals surface area (Å²) in [4.78, 5) is 17.2. The topological polar surface area (TPSA) is 99.2 Å². The molecule has 5 rings (SSSR count). The molecule has 2 N–H and O–H groups in total. The molecule has 2 aliphatic heterocycles. The number of ether oxygens (including phenoxy) is 1. The van der Waals surface area contributed by atoms with Crippen LogP contribution in [0.4, 0.5) is 18.9 Å². The van der Waals surface area contributed by atoms with Crippen LogP contribution in [0.5, 0.6) is 5.75 Å². The molecular formula is C28H34F3N3O5S2. The third-order valence-electron chi connectivity index (χ3n) is 8.30. The van der Waals surface area contributed by atoms with Gasteiger partial charge in [-0.15, -0.1) is 13.2 Å². The van der Waals surface area contributed by atoms with Crippen LogP contribution in [0.2, 0.25) is 0 Å². The van der Waals surface area contributed by atoms with Crippen molar-refractivity contribution in [3.8, 4) is 5.75 Å². The lowest BCUT2D eigenvalue weighted by atomic mass is 9.94. The van der Waals surface area contributed by atoms with Crippen molar-refractivity contribution in [2.24, 2.45) is 0 Å². The number of thioether (sulfide) groups is 1. The molecule has 3 aliphatic rings. The van der Waals surface area contributed by atoms with E-state index in [2.05, 4.69) is 14.5 Å². The van der Waals surface area contributed by atoms with Crippen LogP contribution in [0.25, 0.3) is 0 Å². The number of likely N-dealkylation sites (tertiary alicyclic amines) is 1. The van der Waals surface area contributed by atoms with E-state index in [-0.39, 0.29) is 23.5 Å². The van der Waals surface area contributed by atoms with Crippen LogP contribution in [0, 0.1) is 0 Å². The summed E-state index contributed by atoms with van der Waals surface area (Å²) in [5.74, 6) is -0.420. The number of halogens is 3. The summed E-state index contributed by atoms with van der Waals surface area (Å²) in [6.07, 6.45) is -0.408. The van der Waals surface area contributed by atoms with Crippen molar-refractivity contribution in [3.63, 3.8) is 0 Å². The smallest absolute Gasteiger partial charge is 0.406 e. The summed E-state index contributed by atoms with van der Waals surface area (Å²) in [5.41, 5.74) is 3.44. The Labute approximate surface area is 242 Å². The van der Waals surface area contributed by atoms with E-state index in [0.717, 1.165) is 50.0 Å². The van der Waals surface area contributed by atoms with E-state index in [1.807, 2.05) is 0 Å². The minimum Gasteiger partial charge on any atom is -0.406 e. The fraction of sp³-hybridized carbons (Fsp3) is 0.536. The predicted molar refractivity (Wildman–Crippen MR) is 150 cm³/mol. The monoisotopic (exact) mass is 613 g/mol. The minimum atomic E-state index is -4.70. The number of anilines is 1. The fourth-order valence-corrected chi connectivity index (χ4v) is 8.87. The van der Waals surface area contributed by atoms with Gasteiger partial charge in [0.15, 0.2) is 14.6 Å². The molecule has 0 bridgehead atoms. The average Bonchev–Trinajstić information content (AvgIpc) is 3.82. The molecule has 2 aromatic rings. The molecule has 0 atom stereocenters. The molecule has 224 valence electrons. The summed E-state index contributed by atoms with van der Waals surface area (Å²) in [5, 5.41) is 9.81. The first-order chi connectivity index (χ1) is 19.5. The van der Waals surface area contributed by atoms with Crippen molar-refractivity contribution in [3.05, 3.63) is 54.1 Å². The van der Waals surface area contributed by atoms with Gasteiger partial charge in [0.25, 0.3) is 5.91 Å². The van der Waals surface area contributed by atoms with E-state index < -0.39 is 26.9 Å². The van der Waals surface area contributed by atoms with Crippen LogP contribution in [-0.4, -0.2) is 73.0 Å². The maximum absolute atomic E-state index is 13.7. The Kier molecular flexibility index (Phi) is 8.79. The fourth-order valence-electron chi connectivity index (χ4n) is 5.75. The Morgan fingerprint density at radius 3 is 2.12 bits per heavy atom. The SMILES string of the molecule is O=C(NO)C1(S(=O)(=O)c2ccc(N3CCC(SCc4ccc(OC(F)(F)F)cc4)CC3)cc2)CCN(C2CC2)CC1. The molecule has 0 unspecified atom stereocenters. The van der Waals surface area contributed by atoms with Crippen LogP contribution in [0.1, 0.15) is 44.1 Å². The Bertz CT molecular complexity index is 1300. The zero-order valence-electron chi connectivity index (χ0n) is 22.5. The number of carbonyl (C=O) groups is 1. The molecule has 1 amide bonds. The van der Waals surface area contributed by atoms with Crippen molar-refractivity contribution in [1.82, 2.24) is 10.4 Å². The molecule has 1 aliphatic carbocycles. The molecule has 8 nitrogen and oxygen atoms in total. The lowest BCUT2D eigenvalue weighted by Gasteiger charge is -2.39. The van der Waals surface area contributed by atoms with Crippen LogP contribution in [0.15, 0.2) is 53.4 Å². The molecule has 3 fully saturated rings. The van der Waals surface area contributed by atoms with Crippen LogP contribution in [-0.2, 0) is 20.4 Å². The quantitative estimate of drug-likeness (QED) is 0.309. The van der Waals surface area contributed by atoms with E-state index in [1.165, 1.54) is 12.1 Å². The highest BCUT2D eigenvalue weighted by atomic mass is 32.2. The van der Waals surface area contributed by atoms with E-state index in [9.17, 15) is 31.6 Å². The summed E-state index contributed by atoms with van der Waals surface area (Å²) in [6, 6.07) is 13.1. The molecule has 2 aromatic carbocycles. The molecular weight excluding hydrogens is 579 g/mol. The van der Waals surface area contributed by atoms with E-state index in [0.29, 0.717) is 30.1 Å². The molecule has 0 aromatic heterocycles. The first-order valence-corrected chi connectivity index (χ1v) is 16.3. The van der Waals surface area contributed by atoms with Gasteiger partial charge in [0, 0.05) is 48.9 Å². The predicted octanol–water partition coefficient (Wildman–Crippen LogP) is 4.76. The Morgan fingerprint density at radius 2 is 1.59 bits per heavy atom. The van der Waals surface area contributed by atoms with Crippen molar-refractivity contribution in [1.29, 1.82) is 0 Å². The molecule has 2 heterocycles. The minimum absolute atomic E-state index is 0.0711. The molecule has 0 radical (unpaired) electrons. The Balaban J connectivity index is 1.16. The van der Waals surface area contributed by atoms with Gasteiger partial charge >= 0.3 is 6.36 Å². The number of rotatable bonds is 9. The zero-order chi connectivity index (χ0) is 29.3. The highest BCUT2D eigenvalue weighted by Gasteiger charge is 2.54. The zero-order valence-corrected chi connectivity index (χ0v) is 24.1. The molecule has 2 saturated heterocycles. The molecule has 13 heteroatoms. The number of piperidine rings is 2. The first kappa shape index (κ1) is 30.0. The summed E-state index contributed by atoms with van der Waals surface area (Å²) >= 11 is 1.77. The van der Waals surface area contributed by atoms with Gasteiger partial charge in [-0.2, -0.15) is 11.8 Å². The third kappa shape index (κ3) is 6.79. The highest BCUT2D eigenvalue weighted by Crippen LogP contribution is 2.40. The number of nitrogens with zero attached hydrogens (tertiary/aromatic N) is 2. The second-order valence-corrected chi connectivity index (χ2v) is 14.4. The number of hydrogen-bond donors (Lipinski definition) is 2. The highest BCUT2D eigenvalue weighted by molar-refractivity contribution is 7.99. The normalized spacial score (nSPS) is 20.5. The maximum atomic E-state index is 13.7. The largest absolute Gasteiger partial charge is 0.573 e. The Hall–Kier alpha value is -2.48. The van der Waals surface area contributed by atoms with Crippen molar-refractivity contribution < 1.29 is 36.3 Å². The number of benzene rings is 2. The third-order valence-corrected chi connectivity index (χ3v) is 12.3. The van der Waals surface area contributed by atoms with Crippen LogP contribution >= 0.6 is 11.8 Å². The lowest BCUT2D eigenvalue weighted by Crippen LogP contribution is -2.58. The van der Waals surface area contributed by atoms with E-state index in [1.54, 1.807) is 53.6 Å². The van der Waals surface area contributed by atoms with Gasteiger partial charge in [-0.1, -0.05) is 12.1 Å². The van der Waals surface area contributed by atoms with Crippen LogP contribution < -0.4 is 15.1 Å². The molecule has 41 heavy (non-hydrogen) atoms. The summed E-state index contributed by atoms with van der Waals surface area (Å²) in [7, 11) is -4.05. The van der Waals surface area contributed by atoms with Gasteiger partial charge in [0.2, 0.25) is 0 Å². The Morgan fingerprint density at radius 1 is 0.976 bits per heavy atom. The van der Waals surface area contributed by atoms with E-state index >= 15 is 0 Å². The van der Waals surface area contributed by atoms with Crippen molar-refractivity contribution in [2.45, 2.75) is 71.6 Å². The van der Waals surface area contributed by atoms with Gasteiger partial charge in [-0.3, -0.25) is 10.0 Å². The van der Waals surface area contributed by atoms with E-state index in [4.69, 9.17) is 0 Å². The second kappa shape index (κ2) is 12.0. The second-order valence-electron chi connectivity index (χ2n) is 10.9. The number of sulfone groups is 1. The van der Waals surface area contributed by atoms with Crippen molar-refractivity contribution >= 4 is 33.2 Å². The number of alkyl halides is 3. The number of amides is 1. The number of hydroxylamine groups is 1. The number of nitrogens with one attached hydrogen (secondary N) is 1. The standard InChI is InChI=1S/C28H34F3N3O5S2/c29-28(30,31)39-23-7-1-20(2-8-23)19-40-24-11-15-33(16-12-24)22-5-9-25(10-6-22)41(37,38)27(26(35)32-36)13-17-34(18-14-27)21-3-4-21/h1-2,5-10,21,24,36H,3-4,11-19H2,(H,32,35). The average molecular weight is 614 g/mol. The van der Waals surface area contributed by atoms with Gasteiger partial charge in [0.1, 0.15) is 5.75 Å². The van der Waals surface area contributed by atoms with Gasteiger partial charge < -0.3 is 14.5 Å². The number of carbonyl (C=O) groups excluding carboxylic acids is 1. The summed E-state index contributed by atoms with van der Waals surface area (Å²) in [6.45, 7) is 2.58. The first-order valence-electron chi connectivity index (χ1n) is 13.8. The number of hydrogen-bond acceptors (Lipinski definition) is 8. The van der Waals surface area contributed by atoms with Gasteiger partial charge in [-0.05, 0) is 80.5 Å². The molecule has 0 spiro atoms. The maximum Gasteiger partial charge on any atom is 0.573 e.